The van der Waals surface area contributed by atoms with Crippen molar-refractivity contribution in [2.75, 3.05) is 32.2 Å². The third-order valence-corrected chi connectivity index (χ3v) is 4.56. The van der Waals surface area contributed by atoms with Crippen molar-refractivity contribution in [3.8, 4) is 11.5 Å². The summed E-state index contributed by atoms with van der Waals surface area (Å²) >= 11 is 0. The fraction of sp³-hybridized carbons (Fsp3) is 0.579. The van der Waals surface area contributed by atoms with Crippen molar-refractivity contribution in [2.24, 2.45) is 17.6 Å². The Morgan fingerprint density at radius 1 is 1.33 bits per heavy atom. The highest BCUT2D eigenvalue weighted by Gasteiger charge is 2.36. The summed E-state index contributed by atoms with van der Waals surface area (Å²) in [6.45, 7) is 4.89. The standard InChI is InChI=1S/C19H29N3O4.ClH/c1-12(2)7-14(10-20)21-19(24)13-8-18(23)22(11-13)16-6-5-15(25-3)9-17(16)26-4;/h5-6,9,12-14H,7-8,10-11,20H2,1-4H3,(H,21,24);1H. The zero-order valence-corrected chi connectivity index (χ0v) is 17.2. The molecule has 0 saturated carbocycles. The molecule has 2 atom stereocenters. The zero-order chi connectivity index (χ0) is 19.3. The lowest BCUT2D eigenvalue weighted by atomic mass is 10.0. The summed E-state index contributed by atoms with van der Waals surface area (Å²) < 4.78 is 10.6. The molecule has 1 aliphatic rings. The van der Waals surface area contributed by atoms with Gasteiger partial charge in [-0.3, -0.25) is 9.59 Å². The van der Waals surface area contributed by atoms with Crippen LogP contribution in [0.4, 0.5) is 5.69 Å². The summed E-state index contributed by atoms with van der Waals surface area (Å²) in [4.78, 5) is 26.7. The minimum Gasteiger partial charge on any atom is -0.497 e. The van der Waals surface area contributed by atoms with E-state index in [9.17, 15) is 9.59 Å². The number of carbonyl (C=O) groups is 2. The van der Waals surface area contributed by atoms with Gasteiger partial charge in [-0.2, -0.15) is 0 Å². The molecule has 1 heterocycles. The Balaban J connectivity index is 0.00000364. The van der Waals surface area contributed by atoms with E-state index in [1.165, 1.54) is 0 Å². The number of rotatable bonds is 8. The van der Waals surface area contributed by atoms with Crippen molar-refractivity contribution < 1.29 is 19.1 Å². The first-order chi connectivity index (χ1) is 12.4. The van der Waals surface area contributed by atoms with Gasteiger partial charge in [0.25, 0.3) is 0 Å². The molecule has 3 N–H and O–H groups in total. The minimum absolute atomic E-state index is 0. The van der Waals surface area contributed by atoms with Crippen LogP contribution in [-0.2, 0) is 9.59 Å². The van der Waals surface area contributed by atoms with E-state index in [1.807, 2.05) is 0 Å². The number of nitrogens with two attached hydrogens (primary N) is 1. The van der Waals surface area contributed by atoms with E-state index in [4.69, 9.17) is 15.2 Å². The first kappa shape index (κ1) is 23.0. The summed E-state index contributed by atoms with van der Waals surface area (Å²) in [6, 6.07) is 5.20. The van der Waals surface area contributed by atoms with E-state index in [-0.39, 0.29) is 36.7 Å². The van der Waals surface area contributed by atoms with E-state index in [0.29, 0.717) is 36.2 Å². The van der Waals surface area contributed by atoms with Crippen molar-refractivity contribution in [1.29, 1.82) is 0 Å². The van der Waals surface area contributed by atoms with Gasteiger partial charge in [-0.1, -0.05) is 13.8 Å². The second-order valence-corrected chi connectivity index (χ2v) is 7.01. The van der Waals surface area contributed by atoms with Gasteiger partial charge in [0.15, 0.2) is 0 Å². The van der Waals surface area contributed by atoms with Gasteiger partial charge in [-0.15, -0.1) is 12.4 Å². The molecule has 1 aliphatic heterocycles. The van der Waals surface area contributed by atoms with Crippen LogP contribution in [0.5, 0.6) is 11.5 Å². The molecular weight excluding hydrogens is 370 g/mol. The van der Waals surface area contributed by atoms with Gasteiger partial charge in [0, 0.05) is 31.6 Å². The first-order valence-electron chi connectivity index (χ1n) is 8.92. The average molecular weight is 400 g/mol. The number of amides is 2. The number of carbonyl (C=O) groups excluding carboxylic acids is 2. The molecule has 1 saturated heterocycles. The van der Waals surface area contributed by atoms with Crippen molar-refractivity contribution in [3.05, 3.63) is 18.2 Å². The first-order valence-corrected chi connectivity index (χ1v) is 8.92. The van der Waals surface area contributed by atoms with Gasteiger partial charge in [-0.25, -0.2) is 0 Å². The Labute approximate surface area is 167 Å². The highest BCUT2D eigenvalue weighted by molar-refractivity contribution is 6.01. The van der Waals surface area contributed by atoms with Crippen LogP contribution in [0.2, 0.25) is 0 Å². The second kappa shape index (κ2) is 10.4. The van der Waals surface area contributed by atoms with Crippen LogP contribution in [0, 0.1) is 11.8 Å². The minimum atomic E-state index is -0.393. The van der Waals surface area contributed by atoms with Crippen molar-refractivity contribution >= 4 is 29.9 Å². The molecule has 152 valence electrons. The summed E-state index contributed by atoms with van der Waals surface area (Å²) in [5.74, 6) is 1.01. The molecular formula is C19H30ClN3O4. The number of methoxy groups -OCH3 is 2. The quantitative estimate of drug-likeness (QED) is 0.697. The second-order valence-electron chi connectivity index (χ2n) is 7.01. The number of benzene rings is 1. The third-order valence-electron chi connectivity index (χ3n) is 4.56. The molecule has 2 rings (SSSR count). The van der Waals surface area contributed by atoms with Crippen LogP contribution in [0.3, 0.4) is 0 Å². The summed E-state index contributed by atoms with van der Waals surface area (Å²) in [6.07, 6.45) is 0.999. The molecule has 1 fully saturated rings. The van der Waals surface area contributed by atoms with Crippen LogP contribution in [0.25, 0.3) is 0 Å². The molecule has 1 aromatic carbocycles. The van der Waals surface area contributed by atoms with E-state index in [1.54, 1.807) is 37.3 Å². The summed E-state index contributed by atoms with van der Waals surface area (Å²) in [7, 11) is 3.11. The summed E-state index contributed by atoms with van der Waals surface area (Å²) in [5.41, 5.74) is 6.40. The zero-order valence-electron chi connectivity index (χ0n) is 16.4. The predicted octanol–water partition coefficient (Wildman–Crippen LogP) is 1.97. The maximum atomic E-state index is 12.6. The van der Waals surface area contributed by atoms with E-state index >= 15 is 0 Å². The number of anilines is 1. The van der Waals surface area contributed by atoms with Crippen LogP contribution in [0.1, 0.15) is 26.7 Å². The van der Waals surface area contributed by atoms with Gasteiger partial charge in [-0.05, 0) is 24.5 Å². The molecule has 2 amide bonds. The largest absolute Gasteiger partial charge is 0.497 e. The average Bonchev–Trinajstić information content (AvgIpc) is 3.01. The van der Waals surface area contributed by atoms with E-state index in [2.05, 4.69) is 19.2 Å². The monoisotopic (exact) mass is 399 g/mol. The lowest BCUT2D eigenvalue weighted by molar-refractivity contribution is -0.127. The highest BCUT2D eigenvalue weighted by Crippen LogP contribution is 2.35. The maximum absolute atomic E-state index is 12.6. The van der Waals surface area contributed by atoms with Crippen LogP contribution >= 0.6 is 12.4 Å². The molecule has 0 aromatic heterocycles. The van der Waals surface area contributed by atoms with Gasteiger partial charge in [0.2, 0.25) is 11.8 Å². The highest BCUT2D eigenvalue weighted by atomic mass is 35.5. The van der Waals surface area contributed by atoms with Gasteiger partial charge < -0.3 is 25.4 Å². The van der Waals surface area contributed by atoms with Gasteiger partial charge in [0.05, 0.1) is 25.8 Å². The Bertz CT molecular complexity index is 654. The molecule has 1 aromatic rings. The topological polar surface area (TPSA) is 93.9 Å². The van der Waals surface area contributed by atoms with Crippen LogP contribution in [0.15, 0.2) is 18.2 Å². The lowest BCUT2D eigenvalue weighted by Crippen LogP contribution is -2.44. The smallest absolute Gasteiger partial charge is 0.227 e. The predicted molar refractivity (Wildman–Crippen MR) is 108 cm³/mol. The van der Waals surface area contributed by atoms with Crippen LogP contribution in [-0.4, -0.2) is 45.2 Å². The maximum Gasteiger partial charge on any atom is 0.227 e. The molecule has 0 bridgehead atoms. The van der Waals surface area contributed by atoms with Crippen LogP contribution < -0.4 is 25.4 Å². The summed E-state index contributed by atoms with van der Waals surface area (Å²) in [5, 5.41) is 2.99. The fourth-order valence-electron chi connectivity index (χ4n) is 3.23. The SMILES string of the molecule is COc1ccc(N2CC(C(=O)NC(CN)CC(C)C)CC2=O)c(OC)c1.Cl. The Morgan fingerprint density at radius 2 is 2.04 bits per heavy atom. The van der Waals surface area contributed by atoms with Gasteiger partial charge >= 0.3 is 0 Å². The van der Waals surface area contributed by atoms with Crippen molar-refractivity contribution in [3.63, 3.8) is 0 Å². The molecule has 2 unspecified atom stereocenters. The Morgan fingerprint density at radius 3 is 2.59 bits per heavy atom. The number of ether oxygens (including phenoxy) is 2. The Hall–Kier alpha value is -1.99. The van der Waals surface area contributed by atoms with Crippen molar-refractivity contribution in [1.82, 2.24) is 5.32 Å². The van der Waals surface area contributed by atoms with E-state index in [0.717, 1.165) is 6.42 Å². The van der Waals surface area contributed by atoms with Crippen molar-refractivity contribution in [2.45, 2.75) is 32.7 Å². The molecule has 0 spiro atoms. The fourth-order valence-corrected chi connectivity index (χ4v) is 3.23. The number of hydrogen-bond acceptors (Lipinski definition) is 5. The third kappa shape index (κ3) is 5.74. The number of nitrogens with one attached hydrogen (secondary N) is 1. The van der Waals surface area contributed by atoms with E-state index < -0.39 is 5.92 Å². The molecule has 7 nitrogen and oxygen atoms in total. The number of nitrogens with zero attached hydrogens (tertiary/aromatic N) is 1. The van der Waals surface area contributed by atoms with Gasteiger partial charge in [0.1, 0.15) is 11.5 Å². The molecule has 27 heavy (non-hydrogen) atoms. The molecule has 8 heteroatoms. The molecule has 0 radical (unpaired) electrons. The number of hydrogen-bond donors (Lipinski definition) is 2. The molecule has 0 aliphatic carbocycles. The Kier molecular flexibility index (Phi) is 8.85. The normalized spacial score (nSPS) is 17.5. The lowest BCUT2D eigenvalue weighted by Gasteiger charge is -2.22. The number of halogens is 1.